The third-order valence-electron chi connectivity index (χ3n) is 4.56. The molecule has 0 bridgehead atoms. The highest BCUT2D eigenvalue weighted by atomic mass is 16.6. The topological polar surface area (TPSA) is 117 Å². The van der Waals surface area contributed by atoms with Crippen molar-refractivity contribution in [2.45, 2.75) is 27.7 Å². The molecule has 29 heavy (non-hydrogen) atoms. The van der Waals surface area contributed by atoms with Crippen molar-refractivity contribution in [3.63, 3.8) is 0 Å². The molecule has 0 unspecified atom stereocenters. The summed E-state index contributed by atoms with van der Waals surface area (Å²) in [7, 11) is 0. The summed E-state index contributed by atoms with van der Waals surface area (Å²) in [5.41, 5.74) is 1.64. The van der Waals surface area contributed by atoms with Crippen molar-refractivity contribution in [1.29, 1.82) is 0 Å². The molecule has 0 aliphatic heterocycles. The van der Waals surface area contributed by atoms with Gasteiger partial charge in [-0.3, -0.25) is 19.5 Å². The Morgan fingerprint density at radius 2 is 1.93 bits per heavy atom. The van der Waals surface area contributed by atoms with Crippen LogP contribution in [-0.4, -0.2) is 33.0 Å². The fourth-order valence-corrected chi connectivity index (χ4v) is 3.21. The predicted octanol–water partition coefficient (Wildman–Crippen LogP) is 3.65. The summed E-state index contributed by atoms with van der Waals surface area (Å²) in [6.07, 6.45) is 0. The first kappa shape index (κ1) is 20.0. The molecule has 0 N–H and O–H groups in total. The highest BCUT2D eigenvalue weighted by Gasteiger charge is 2.25. The van der Waals surface area contributed by atoms with Crippen molar-refractivity contribution in [2.75, 3.05) is 6.61 Å². The van der Waals surface area contributed by atoms with Gasteiger partial charge in [0.2, 0.25) is 5.78 Å². The van der Waals surface area contributed by atoms with Gasteiger partial charge in [0.15, 0.2) is 12.4 Å². The van der Waals surface area contributed by atoms with Gasteiger partial charge in [-0.25, -0.2) is 4.79 Å². The van der Waals surface area contributed by atoms with Crippen LogP contribution in [0.5, 0.6) is 0 Å². The molecule has 0 fully saturated rings. The summed E-state index contributed by atoms with van der Waals surface area (Å²) in [6.45, 7) is 6.36. The largest absolute Gasteiger partial charge is 0.453 e. The Balaban J connectivity index is 1.81. The van der Waals surface area contributed by atoms with E-state index in [2.05, 4.69) is 5.16 Å². The quantitative estimate of drug-likeness (QED) is 0.270. The number of nitrogens with zero attached hydrogens (tertiary/aromatic N) is 3. The van der Waals surface area contributed by atoms with Crippen LogP contribution in [-0.2, 0) is 4.74 Å². The van der Waals surface area contributed by atoms with Crippen LogP contribution in [0.15, 0.2) is 34.9 Å². The smallest absolute Gasteiger partial charge is 0.345 e. The lowest BCUT2D eigenvalue weighted by Gasteiger charge is -2.08. The van der Waals surface area contributed by atoms with Crippen LogP contribution in [0.25, 0.3) is 5.82 Å². The first-order chi connectivity index (χ1) is 13.7. The Morgan fingerprint density at radius 1 is 1.21 bits per heavy atom. The molecule has 0 atom stereocenters. The molecule has 150 valence electrons. The summed E-state index contributed by atoms with van der Waals surface area (Å²) in [6, 6.07) is 7.69. The van der Waals surface area contributed by atoms with Crippen LogP contribution < -0.4 is 0 Å². The number of Topliss-reactive ketones (excluding diaryl/α,β-unsaturated/α-hetero) is 1. The summed E-state index contributed by atoms with van der Waals surface area (Å²) >= 11 is 0. The number of aromatic nitrogens is 2. The molecule has 0 amide bonds. The number of hydrogen-bond donors (Lipinski definition) is 0. The Bertz CT molecular complexity index is 1130. The molecule has 1 aromatic carbocycles. The summed E-state index contributed by atoms with van der Waals surface area (Å²) < 4.78 is 11.9. The van der Waals surface area contributed by atoms with E-state index in [1.54, 1.807) is 43.5 Å². The monoisotopic (exact) mass is 397 g/mol. The van der Waals surface area contributed by atoms with Crippen LogP contribution in [0.1, 0.15) is 43.4 Å². The van der Waals surface area contributed by atoms with Gasteiger partial charge in [0.25, 0.3) is 5.69 Å². The third kappa shape index (κ3) is 3.79. The normalized spacial score (nSPS) is 10.8. The lowest BCUT2D eigenvalue weighted by molar-refractivity contribution is -0.385. The standard InChI is InChI=1S/C20H19N3O6/c1-11-6-5-7-16(23(26)27)19(11)20(25)28-10-17(24)15-8-12(2)22(14(15)4)18-9-13(3)29-21-18/h5-9H,10H2,1-4H3. The molecule has 9 nitrogen and oxygen atoms in total. The molecular weight excluding hydrogens is 378 g/mol. The summed E-state index contributed by atoms with van der Waals surface area (Å²) in [5.74, 6) is -0.156. The first-order valence-electron chi connectivity index (χ1n) is 8.77. The number of rotatable bonds is 6. The predicted molar refractivity (Wildman–Crippen MR) is 102 cm³/mol. The number of benzene rings is 1. The van der Waals surface area contributed by atoms with Crippen molar-refractivity contribution in [3.8, 4) is 5.82 Å². The Hall–Kier alpha value is -3.75. The molecule has 0 spiro atoms. The number of ketones is 1. The average Bonchev–Trinajstić information content (AvgIpc) is 3.21. The van der Waals surface area contributed by atoms with Crippen LogP contribution in [0.2, 0.25) is 0 Å². The van der Waals surface area contributed by atoms with E-state index in [0.717, 1.165) is 5.69 Å². The van der Waals surface area contributed by atoms with Crippen molar-refractivity contribution >= 4 is 17.4 Å². The van der Waals surface area contributed by atoms with E-state index >= 15 is 0 Å². The lowest BCUT2D eigenvalue weighted by atomic mass is 10.1. The number of nitro benzene ring substituents is 1. The number of hydrogen-bond acceptors (Lipinski definition) is 7. The number of ether oxygens (including phenoxy) is 1. The van der Waals surface area contributed by atoms with Crippen LogP contribution >= 0.6 is 0 Å². The second-order valence-electron chi connectivity index (χ2n) is 6.64. The zero-order valence-electron chi connectivity index (χ0n) is 16.4. The minimum absolute atomic E-state index is 0.158. The maximum Gasteiger partial charge on any atom is 0.345 e. The van der Waals surface area contributed by atoms with E-state index in [1.165, 1.54) is 12.1 Å². The van der Waals surface area contributed by atoms with Gasteiger partial charge in [-0.1, -0.05) is 17.3 Å². The molecule has 0 aliphatic carbocycles. The number of aryl methyl sites for hydroxylation is 3. The van der Waals surface area contributed by atoms with Gasteiger partial charge in [0.05, 0.1) is 4.92 Å². The van der Waals surface area contributed by atoms with Gasteiger partial charge < -0.3 is 9.26 Å². The van der Waals surface area contributed by atoms with E-state index in [0.29, 0.717) is 28.4 Å². The number of esters is 1. The van der Waals surface area contributed by atoms with Crippen molar-refractivity contribution in [2.24, 2.45) is 0 Å². The highest BCUT2D eigenvalue weighted by Crippen LogP contribution is 2.24. The molecule has 0 saturated carbocycles. The Labute approximate surface area is 166 Å². The summed E-state index contributed by atoms with van der Waals surface area (Å²) in [5, 5.41) is 15.1. The fraction of sp³-hybridized carbons (Fsp3) is 0.250. The van der Waals surface area contributed by atoms with Crippen LogP contribution in [0.4, 0.5) is 5.69 Å². The maximum atomic E-state index is 12.6. The van der Waals surface area contributed by atoms with E-state index in [1.807, 2.05) is 6.92 Å². The second kappa shape index (κ2) is 7.70. The fourth-order valence-electron chi connectivity index (χ4n) is 3.21. The minimum Gasteiger partial charge on any atom is -0.453 e. The zero-order chi connectivity index (χ0) is 21.3. The SMILES string of the molecule is Cc1cc(-n2c(C)cc(C(=O)COC(=O)c3c(C)cccc3[N+](=O)[O-])c2C)no1. The van der Waals surface area contributed by atoms with Crippen molar-refractivity contribution < 1.29 is 23.8 Å². The molecule has 9 heteroatoms. The maximum absolute atomic E-state index is 12.6. The minimum atomic E-state index is -0.913. The second-order valence-corrected chi connectivity index (χ2v) is 6.64. The highest BCUT2D eigenvalue weighted by molar-refractivity contribution is 6.01. The van der Waals surface area contributed by atoms with Crippen molar-refractivity contribution in [1.82, 2.24) is 9.72 Å². The Morgan fingerprint density at radius 3 is 2.55 bits per heavy atom. The molecule has 3 aromatic rings. The average molecular weight is 397 g/mol. The van der Waals surface area contributed by atoms with Gasteiger partial charge in [0.1, 0.15) is 11.3 Å². The number of nitro groups is 1. The lowest BCUT2D eigenvalue weighted by Crippen LogP contribution is -2.17. The summed E-state index contributed by atoms with van der Waals surface area (Å²) in [4.78, 5) is 35.6. The van der Waals surface area contributed by atoms with Gasteiger partial charge in [-0.15, -0.1) is 0 Å². The van der Waals surface area contributed by atoms with Crippen LogP contribution in [0.3, 0.4) is 0 Å². The van der Waals surface area contributed by atoms with Gasteiger partial charge in [0, 0.05) is 29.1 Å². The van der Waals surface area contributed by atoms with Gasteiger partial charge in [-0.05, 0) is 39.3 Å². The third-order valence-corrected chi connectivity index (χ3v) is 4.56. The molecular formula is C20H19N3O6. The Kier molecular flexibility index (Phi) is 5.31. The van der Waals surface area contributed by atoms with Gasteiger partial charge >= 0.3 is 5.97 Å². The van der Waals surface area contributed by atoms with E-state index in [-0.39, 0.29) is 11.3 Å². The van der Waals surface area contributed by atoms with E-state index in [4.69, 9.17) is 9.26 Å². The van der Waals surface area contributed by atoms with Crippen molar-refractivity contribution in [3.05, 3.63) is 74.3 Å². The molecule has 0 saturated heterocycles. The molecule has 2 heterocycles. The van der Waals surface area contributed by atoms with Crippen LogP contribution in [0, 0.1) is 37.8 Å². The first-order valence-corrected chi connectivity index (χ1v) is 8.77. The van der Waals surface area contributed by atoms with E-state index < -0.39 is 23.3 Å². The zero-order valence-corrected chi connectivity index (χ0v) is 16.4. The van der Waals surface area contributed by atoms with Gasteiger partial charge in [-0.2, -0.15) is 0 Å². The molecule has 0 aliphatic rings. The molecule has 3 rings (SSSR count). The molecule has 2 aromatic heterocycles. The van der Waals surface area contributed by atoms with E-state index in [9.17, 15) is 19.7 Å². The number of carbonyl (C=O) groups excluding carboxylic acids is 2. The molecule has 0 radical (unpaired) electrons. The number of carbonyl (C=O) groups is 2.